The van der Waals surface area contributed by atoms with Crippen LogP contribution in [0.3, 0.4) is 0 Å². The Balaban J connectivity index is 1.77. The van der Waals surface area contributed by atoms with E-state index in [1.165, 1.54) is 0 Å². The minimum absolute atomic E-state index is 0.0237. The Bertz CT molecular complexity index is 859. The van der Waals surface area contributed by atoms with Gasteiger partial charge >= 0.3 is 6.01 Å². The maximum atomic E-state index is 12.3. The molecule has 3 rings (SSSR count). The monoisotopic (exact) mass is 329 g/mol. The van der Waals surface area contributed by atoms with Crippen LogP contribution >= 0.6 is 0 Å². The molecule has 3 heterocycles. The normalized spacial score (nSPS) is 11.2. The zero-order chi connectivity index (χ0) is 17.3. The van der Waals surface area contributed by atoms with Crippen LogP contribution in [0.5, 0.6) is 0 Å². The van der Waals surface area contributed by atoms with Crippen molar-refractivity contribution in [3.05, 3.63) is 29.7 Å². The number of amides is 1. The number of aromatic nitrogens is 6. The zero-order valence-corrected chi connectivity index (χ0v) is 14.0. The van der Waals surface area contributed by atoms with Gasteiger partial charge in [-0.25, -0.2) is 0 Å². The first kappa shape index (κ1) is 15.9. The Hall–Kier alpha value is -2.97. The molecule has 0 spiro atoms. The van der Waals surface area contributed by atoms with Crippen LogP contribution in [-0.4, -0.2) is 35.7 Å². The van der Waals surface area contributed by atoms with Crippen molar-refractivity contribution in [2.24, 2.45) is 0 Å². The van der Waals surface area contributed by atoms with Crippen LogP contribution in [0.4, 0.5) is 6.01 Å². The third-order valence-corrected chi connectivity index (χ3v) is 3.44. The first-order chi connectivity index (χ1) is 11.5. The van der Waals surface area contributed by atoms with E-state index in [0.717, 1.165) is 5.69 Å². The molecule has 0 aliphatic heterocycles. The van der Waals surface area contributed by atoms with E-state index in [1.54, 1.807) is 21.5 Å². The molecule has 1 N–H and O–H groups in total. The van der Waals surface area contributed by atoms with Crippen LogP contribution < -0.4 is 5.32 Å². The predicted octanol–water partition coefficient (Wildman–Crippen LogP) is 2.29. The molecule has 0 atom stereocenters. The van der Waals surface area contributed by atoms with E-state index in [1.807, 2.05) is 33.9 Å². The van der Waals surface area contributed by atoms with Crippen molar-refractivity contribution in [3.63, 3.8) is 0 Å². The van der Waals surface area contributed by atoms with Crippen molar-refractivity contribution in [1.82, 2.24) is 29.8 Å². The molecule has 0 saturated heterocycles. The Kier molecular flexibility index (Phi) is 4.15. The van der Waals surface area contributed by atoms with Gasteiger partial charge in [0.15, 0.2) is 0 Å². The fourth-order valence-corrected chi connectivity index (χ4v) is 2.25. The van der Waals surface area contributed by atoms with Crippen LogP contribution in [0.15, 0.2) is 22.7 Å². The lowest BCUT2D eigenvalue weighted by Gasteiger charge is -2.03. The molecule has 0 aliphatic carbocycles. The lowest BCUT2D eigenvalue weighted by molar-refractivity contribution is 0.101. The summed E-state index contributed by atoms with van der Waals surface area (Å²) in [5.74, 6) is -0.0924. The SMILES string of the molecule is CCn1nc(C)cc1C(=O)Nc1nnc(-c2ccn(C(C)C)n2)o1. The number of carbonyl (C=O) groups is 1. The van der Waals surface area contributed by atoms with Gasteiger partial charge in [-0.2, -0.15) is 10.2 Å². The molecule has 0 bridgehead atoms. The molecular weight excluding hydrogens is 310 g/mol. The van der Waals surface area contributed by atoms with Crippen molar-refractivity contribution in [1.29, 1.82) is 0 Å². The number of rotatable bonds is 5. The fraction of sp³-hybridized carbons (Fsp3) is 0.400. The summed E-state index contributed by atoms with van der Waals surface area (Å²) in [6, 6.07) is 3.75. The highest BCUT2D eigenvalue weighted by molar-refractivity contribution is 6.01. The van der Waals surface area contributed by atoms with Crippen LogP contribution in [0.1, 0.15) is 43.0 Å². The Morgan fingerprint density at radius 1 is 1.33 bits per heavy atom. The molecule has 1 amide bonds. The minimum Gasteiger partial charge on any atom is -0.401 e. The Labute approximate surface area is 138 Å². The van der Waals surface area contributed by atoms with Gasteiger partial charge in [0.2, 0.25) is 0 Å². The summed E-state index contributed by atoms with van der Waals surface area (Å²) >= 11 is 0. The molecule has 3 aromatic heterocycles. The predicted molar refractivity (Wildman–Crippen MR) is 86.5 cm³/mol. The van der Waals surface area contributed by atoms with Gasteiger partial charge in [-0.15, -0.1) is 5.10 Å². The van der Waals surface area contributed by atoms with E-state index in [4.69, 9.17) is 4.42 Å². The number of carbonyl (C=O) groups excluding carboxylic acids is 1. The summed E-state index contributed by atoms with van der Waals surface area (Å²) in [6.45, 7) is 8.39. The van der Waals surface area contributed by atoms with Crippen LogP contribution in [0, 0.1) is 6.92 Å². The van der Waals surface area contributed by atoms with E-state index in [9.17, 15) is 4.79 Å². The van der Waals surface area contributed by atoms with Gasteiger partial charge in [0, 0.05) is 18.8 Å². The highest BCUT2D eigenvalue weighted by atomic mass is 16.4. The highest BCUT2D eigenvalue weighted by Gasteiger charge is 2.18. The summed E-state index contributed by atoms with van der Waals surface area (Å²) in [5.41, 5.74) is 1.78. The topological polar surface area (TPSA) is 104 Å². The summed E-state index contributed by atoms with van der Waals surface area (Å²) in [6.07, 6.45) is 1.84. The second-order valence-corrected chi connectivity index (χ2v) is 5.63. The molecule has 0 fully saturated rings. The maximum absolute atomic E-state index is 12.3. The van der Waals surface area contributed by atoms with Crippen molar-refractivity contribution in [2.75, 3.05) is 5.32 Å². The van der Waals surface area contributed by atoms with E-state index >= 15 is 0 Å². The van der Waals surface area contributed by atoms with Crippen molar-refractivity contribution < 1.29 is 9.21 Å². The minimum atomic E-state index is -0.347. The summed E-state index contributed by atoms with van der Waals surface area (Å²) in [7, 11) is 0. The van der Waals surface area contributed by atoms with Gasteiger partial charge in [0.25, 0.3) is 11.8 Å². The van der Waals surface area contributed by atoms with Crippen LogP contribution in [0.2, 0.25) is 0 Å². The fourth-order valence-electron chi connectivity index (χ4n) is 2.25. The largest absolute Gasteiger partial charge is 0.401 e. The number of hydrogen-bond donors (Lipinski definition) is 1. The standard InChI is InChI=1S/C15H19N7O2/c1-5-21-12(8-10(4)19-21)13(23)16-15-18-17-14(24-15)11-6-7-22(20-11)9(2)3/h6-9H,5H2,1-4H3,(H,16,18,23). The summed E-state index contributed by atoms with van der Waals surface area (Å²) < 4.78 is 8.88. The van der Waals surface area contributed by atoms with Crippen molar-refractivity contribution >= 4 is 11.9 Å². The van der Waals surface area contributed by atoms with Gasteiger partial charge in [-0.3, -0.25) is 19.5 Å². The quantitative estimate of drug-likeness (QED) is 0.770. The third-order valence-electron chi connectivity index (χ3n) is 3.44. The maximum Gasteiger partial charge on any atom is 0.322 e. The van der Waals surface area contributed by atoms with Crippen molar-refractivity contribution in [2.45, 2.75) is 40.3 Å². The average Bonchev–Trinajstić information content (AvgIpc) is 3.24. The first-order valence-electron chi connectivity index (χ1n) is 7.72. The van der Waals surface area contributed by atoms with E-state index in [0.29, 0.717) is 17.9 Å². The number of aryl methyl sites for hydroxylation is 2. The molecule has 126 valence electrons. The number of nitrogens with one attached hydrogen (secondary N) is 1. The molecule has 0 aliphatic rings. The molecule has 0 unspecified atom stereocenters. The van der Waals surface area contributed by atoms with Gasteiger partial charge in [0.1, 0.15) is 11.4 Å². The second-order valence-electron chi connectivity index (χ2n) is 5.63. The van der Waals surface area contributed by atoms with E-state index < -0.39 is 0 Å². The average molecular weight is 329 g/mol. The van der Waals surface area contributed by atoms with Gasteiger partial charge in [-0.05, 0) is 39.8 Å². The lowest BCUT2D eigenvalue weighted by Crippen LogP contribution is -2.17. The number of nitrogens with zero attached hydrogens (tertiary/aromatic N) is 6. The van der Waals surface area contributed by atoms with Crippen LogP contribution in [0.25, 0.3) is 11.6 Å². The first-order valence-corrected chi connectivity index (χ1v) is 7.72. The Morgan fingerprint density at radius 2 is 2.12 bits per heavy atom. The molecule has 0 saturated carbocycles. The number of anilines is 1. The van der Waals surface area contributed by atoms with E-state index in [-0.39, 0.29) is 23.9 Å². The van der Waals surface area contributed by atoms with Gasteiger partial charge < -0.3 is 4.42 Å². The molecule has 3 aromatic rings. The summed E-state index contributed by atoms with van der Waals surface area (Å²) in [5, 5.41) is 19.0. The van der Waals surface area contributed by atoms with Crippen molar-refractivity contribution in [3.8, 4) is 11.6 Å². The lowest BCUT2D eigenvalue weighted by atomic mass is 10.3. The number of hydrogen-bond acceptors (Lipinski definition) is 6. The molecule has 0 aromatic carbocycles. The zero-order valence-electron chi connectivity index (χ0n) is 14.0. The molecule has 0 radical (unpaired) electrons. The highest BCUT2D eigenvalue weighted by Crippen LogP contribution is 2.19. The van der Waals surface area contributed by atoms with E-state index in [2.05, 4.69) is 25.7 Å². The second kappa shape index (κ2) is 6.26. The molecular formula is C15H19N7O2. The Morgan fingerprint density at radius 3 is 2.79 bits per heavy atom. The molecule has 24 heavy (non-hydrogen) atoms. The molecule has 9 nitrogen and oxygen atoms in total. The molecule has 9 heteroatoms. The summed E-state index contributed by atoms with van der Waals surface area (Å²) in [4.78, 5) is 12.3. The van der Waals surface area contributed by atoms with Crippen LogP contribution in [-0.2, 0) is 6.54 Å². The van der Waals surface area contributed by atoms with Gasteiger partial charge in [0.05, 0.1) is 5.69 Å². The van der Waals surface area contributed by atoms with Gasteiger partial charge in [-0.1, -0.05) is 5.10 Å². The third kappa shape index (κ3) is 3.05. The smallest absolute Gasteiger partial charge is 0.322 e.